The maximum absolute atomic E-state index is 6.05. The molecule has 0 N–H and O–H groups in total. The molecule has 3 aromatic rings. The Kier molecular flexibility index (Phi) is 3.85. The van der Waals surface area contributed by atoms with Crippen LogP contribution in [0.3, 0.4) is 0 Å². The standard InChI is InChI=1S/C15H14BrClN2O/c1-10(7-12-3-2-6-20-12)19-14-8-11(16)4-5-13(14)18-15(19)9-17/h2-6,8,10H,7,9H2,1H3. The average Bonchev–Trinajstić information content (AvgIpc) is 3.04. The minimum absolute atomic E-state index is 0.231. The van der Waals surface area contributed by atoms with E-state index in [2.05, 4.69) is 38.5 Å². The number of halogens is 2. The molecule has 0 saturated carbocycles. The van der Waals surface area contributed by atoms with Gasteiger partial charge in [0.05, 0.1) is 23.2 Å². The number of furan rings is 1. The van der Waals surface area contributed by atoms with Crippen LogP contribution in [0, 0.1) is 0 Å². The molecule has 0 radical (unpaired) electrons. The molecular formula is C15H14BrClN2O. The van der Waals surface area contributed by atoms with Crippen LogP contribution in [0.25, 0.3) is 11.0 Å². The van der Waals surface area contributed by atoms with E-state index in [-0.39, 0.29) is 6.04 Å². The Morgan fingerprint density at radius 1 is 1.40 bits per heavy atom. The normalized spacial score (nSPS) is 12.9. The molecule has 0 aliphatic heterocycles. The lowest BCUT2D eigenvalue weighted by atomic mass is 10.2. The van der Waals surface area contributed by atoms with E-state index in [1.54, 1.807) is 6.26 Å². The van der Waals surface area contributed by atoms with Crippen LogP contribution >= 0.6 is 27.5 Å². The van der Waals surface area contributed by atoms with Gasteiger partial charge in [-0.25, -0.2) is 4.98 Å². The lowest BCUT2D eigenvalue weighted by molar-refractivity contribution is 0.449. The lowest BCUT2D eigenvalue weighted by Gasteiger charge is -2.16. The lowest BCUT2D eigenvalue weighted by Crippen LogP contribution is -2.10. The van der Waals surface area contributed by atoms with Gasteiger partial charge < -0.3 is 8.98 Å². The van der Waals surface area contributed by atoms with Crippen LogP contribution in [-0.4, -0.2) is 9.55 Å². The molecular weight excluding hydrogens is 340 g/mol. The third-order valence-electron chi connectivity index (χ3n) is 3.36. The first-order valence-corrected chi connectivity index (χ1v) is 7.76. The maximum atomic E-state index is 6.05. The van der Waals surface area contributed by atoms with Crippen LogP contribution in [0.4, 0.5) is 0 Å². The number of fused-ring (bicyclic) bond motifs is 1. The second kappa shape index (κ2) is 5.62. The number of aromatic nitrogens is 2. The van der Waals surface area contributed by atoms with Gasteiger partial charge in [-0.05, 0) is 37.3 Å². The zero-order valence-electron chi connectivity index (χ0n) is 11.0. The van der Waals surface area contributed by atoms with Crippen molar-refractivity contribution in [1.82, 2.24) is 9.55 Å². The summed E-state index contributed by atoms with van der Waals surface area (Å²) in [6.07, 6.45) is 2.52. The van der Waals surface area contributed by atoms with Crippen LogP contribution in [0.5, 0.6) is 0 Å². The Morgan fingerprint density at radius 3 is 2.95 bits per heavy atom. The molecule has 0 amide bonds. The van der Waals surface area contributed by atoms with Gasteiger partial charge in [-0.2, -0.15) is 0 Å². The van der Waals surface area contributed by atoms with Crippen molar-refractivity contribution in [3.05, 3.63) is 52.7 Å². The second-order valence-corrected chi connectivity index (χ2v) is 5.98. The summed E-state index contributed by atoms with van der Waals surface area (Å²) < 4.78 is 8.66. The monoisotopic (exact) mass is 352 g/mol. The quantitative estimate of drug-likeness (QED) is 0.622. The fourth-order valence-corrected chi connectivity index (χ4v) is 3.05. The fourth-order valence-electron chi connectivity index (χ4n) is 2.51. The van der Waals surface area contributed by atoms with E-state index < -0.39 is 0 Å². The van der Waals surface area contributed by atoms with Gasteiger partial charge in [0, 0.05) is 16.9 Å². The summed E-state index contributed by atoms with van der Waals surface area (Å²) in [5, 5.41) is 0. The molecule has 2 aromatic heterocycles. The first-order chi connectivity index (χ1) is 9.69. The highest BCUT2D eigenvalue weighted by Crippen LogP contribution is 2.27. The first kappa shape index (κ1) is 13.7. The molecule has 2 heterocycles. The molecule has 0 aliphatic carbocycles. The molecule has 0 saturated heterocycles. The van der Waals surface area contributed by atoms with Gasteiger partial charge >= 0.3 is 0 Å². The van der Waals surface area contributed by atoms with E-state index in [4.69, 9.17) is 16.0 Å². The predicted molar refractivity (Wildman–Crippen MR) is 84.1 cm³/mol. The van der Waals surface area contributed by atoms with Gasteiger partial charge in [0.2, 0.25) is 0 Å². The highest BCUT2D eigenvalue weighted by atomic mass is 79.9. The summed E-state index contributed by atoms with van der Waals surface area (Å²) in [6, 6.07) is 10.2. The van der Waals surface area contributed by atoms with E-state index in [9.17, 15) is 0 Å². The van der Waals surface area contributed by atoms with Crippen molar-refractivity contribution in [1.29, 1.82) is 0 Å². The zero-order chi connectivity index (χ0) is 14.1. The van der Waals surface area contributed by atoms with Gasteiger partial charge in [-0.15, -0.1) is 11.6 Å². The van der Waals surface area contributed by atoms with Crippen LogP contribution in [-0.2, 0) is 12.3 Å². The molecule has 1 atom stereocenters. The topological polar surface area (TPSA) is 31.0 Å². The molecule has 1 aromatic carbocycles. The number of rotatable bonds is 4. The van der Waals surface area contributed by atoms with Crippen LogP contribution < -0.4 is 0 Å². The molecule has 5 heteroatoms. The average molecular weight is 354 g/mol. The maximum Gasteiger partial charge on any atom is 0.125 e. The number of hydrogen-bond acceptors (Lipinski definition) is 2. The summed E-state index contributed by atoms with van der Waals surface area (Å²) in [5.41, 5.74) is 2.06. The van der Waals surface area contributed by atoms with E-state index in [0.29, 0.717) is 5.88 Å². The third kappa shape index (κ3) is 2.50. The summed E-state index contributed by atoms with van der Waals surface area (Å²) in [5.74, 6) is 2.25. The Balaban J connectivity index is 2.06. The summed E-state index contributed by atoms with van der Waals surface area (Å²) in [6.45, 7) is 2.15. The van der Waals surface area contributed by atoms with Crippen molar-refractivity contribution in [2.75, 3.05) is 0 Å². The van der Waals surface area contributed by atoms with Gasteiger partial charge in [0.15, 0.2) is 0 Å². The van der Waals surface area contributed by atoms with Crippen molar-refractivity contribution in [2.24, 2.45) is 0 Å². The van der Waals surface area contributed by atoms with Crippen molar-refractivity contribution >= 4 is 38.6 Å². The molecule has 0 aliphatic rings. The molecule has 104 valence electrons. The van der Waals surface area contributed by atoms with Crippen molar-refractivity contribution < 1.29 is 4.42 Å². The summed E-state index contributed by atoms with van der Waals surface area (Å²) in [7, 11) is 0. The molecule has 1 unspecified atom stereocenters. The Morgan fingerprint density at radius 2 is 2.25 bits per heavy atom. The Hall–Kier alpha value is -1.26. The third-order valence-corrected chi connectivity index (χ3v) is 4.09. The molecule has 0 fully saturated rings. The Bertz CT molecular complexity index is 721. The Labute approximate surface area is 130 Å². The van der Waals surface area contributed by atoms with Gasteiger partial charge in [0.25, 0.3) is 0 Å². The minimum Gasteiger partial charge on any atom is -0.469 e. The van der Waals surface area contributed by atoms with Gasteiger partial charge in [0.1, 0.15) is 11.6 Å². The van der Waals surface area contributed by atoms with Crippen LogP contribution in [0.15, 0.2) is 45.5 Å². The second-order valence-electron chi connectivity index (χ2n) is 4.80. The highest BCUT2D eigenvalue weighted by molar-refractivity contribution is 9.10. The van der Waals surface area contributed by atoms with E-state index in [1.165, 1.54) is 0 Å². The first-order valence-electron chi connectivity index (χ1n) is 6.43. The number of benzene rings is 1. The number of alkyl halides is 1. The largest absolute Gasteiger partial charge is 0.469 e. The SMILES string of the molecule is CC(Cc1ccco1)n1c(CCl)nc2ccc(Br)cc21. The van der Waals surface area contributed by atoms with Crippen LogP contribution in [0.1, 0.15) is 24.6 Å². The van der Waals surface area contributed by atoms with E-state index >= 15 is 0 Å². The molecule has 0 bridgehead atoms. The molecule has 20 heavy (non-hydrogen) atoms. The van der Waals surface area contributed by atoms with Crippen LogP contribution in [0.2, 0.25) is 0 Å². The van der Waals surface area contributed by atoms with Crippen molar-refractivity contribution in [3.8, 4) is 0 Å². The van der Waals surface area contributed by atoms with Crippen molar-refractivity contribution in [2.45, 2.75) is 25.3 Å². The number of hydrogen-bond donors (Lipinski definition) is 0. The van der Waals surface area contributed by atoms with Gasteiger partial charge in [-0.1, -0.05) is 15.9 Å². The number of nitrogens with zero attached hydrogens (tertiary/aromatic N) is 2. The fraction of sp³-hybridized carbons (Fsp3) is 0.267. The zero-order valence-corrected chi connectivity index (χ0v) is 13.4. The summed E-state index contributed by atoms with van der Waals surface area (Å²) >= 11 is 9.57. The van der Waals surface area contributed by atoms with Gasteiger partial charge in [-0.3, -0.25) is 0 Å². The molecule has 3 nitrogen and oxygen atoms in total. The van der Waals surface area contributed by atoms with E-state index in [0.717, 1.165) is 33.5 Å². The number of imidazole rings is 1. The van der Waals surface area contributed by atoms with E-state index in [1.807, 2.05) is 24.3 Å². The highest BCUT2D eigenvalue weighted by Gasteiger charge is 2.16. The molecule has 3 rings (SSSR count). The predicted octanol–water partition coefficient (Wildman–Crippen LogP) is 4.93. The summed E-state index contributed by atoms with van der Waals surface area (Å²) in [4.78, 5) is 4.60. The smallest absolute Gasteiger partial charge is 0.125 e. The minimum atomic E-state index is 0.231. The molecule has 0 spiro atoms. The van der Waals surface area contributed by atoms with Crippen molar-refractivity contribution in [3.63, 3.8) is 0 Å².